The second-order valence-electron chi connectivity index (χ2n) is 8.51. The zero-order valence-corrected chi connectivity index (χ0v) is 20.0. The van der Waals surface area contributed by atoms with E-state index in [1.807, 2.05) is 30.3 Å². The van der Waals surface area contributed by atoms with Gasteiger partial charge in [0.05, 0.1) is 16.8 Å². The van der Waals surface area contributed by atoms with Crippen LogP contribution in [0.15, 0.2) is 72.9 Å². The first kappa shape index (κ1) is 22.2. The number of nitrogens with two attached hydrogens (primary N) is 1. The van der Waals surface area contributed by atoms with Crippen LogP contribution in [0.4, 0.5) is 22.0 Å². The van der Waals surface area contributed by atoms with Gasteiger partial charge in [0.1, 0.15) is 17.5 Å². The van der Waals surface area contributed by atoms with Crippen molar-refractivity contribution >= 4 is 40.2 Å². The first-order chi connectivity index (χ1) is 17.6. The molecule has 1 fully saturated rings. The lowest BCUT2D eigenvalue weighted by atomic mass is 10.1. The number of fused-ring (bicyclic) bond motifs is 1. The zero-order chi connectivity index (χ0) is 24.6. The van der Waals surface area contributed by atoms with E-state index in [-0.39, 0.29) is 5.82 Å². The van der Waals surface area contributed by atoms with Gasteiger partial charge in [-0.15, -0.1) is 5.10 Å². The number of anilines is 3. The third kappa shape index (κ3) is 4.07. The smallest absolute Gasteiger partial charge is 0.228 e. The standard InChI is InChI=1S/C26H22ClFN8/c27-18-6-10-20(11-7-18)36-24(29)22-23(17-4-8-19(28)9-5-17)31-26(32-25(22)33-36)35-15-13-34(14-16-35)21-3-1-2-12-30-21/h1-12H,13-16,29H2. The van der Waals surface area contributed by atoms with Crippen LogP contribution in [0, 0.1) is 5.82 Å². The van der Waals surface area contributed by atoms with E-state index < -0.39 is 0 Å². The predicted molar refractivity (Wildman–Crippen MR) is 140 cm³/mol. The summed E-state index contributed by atoms with van der Waals surface area (Å²) in [6.07, 6.45) is 1.80. The van der Waals surface area contributed by atoms with Crippen molar-refractivity contribution in [3.8, 4) is 16.9 Å². The maximum absolute atomic E-state index is 13.7. The summed E-state index contributed by atoms with van der Waals surface area (Å²) in [6.45, 7) is 3.01. The van der Waals surface area contributed by atoms with Gasteiger partial charge in [-0.2, -0.15) is 4.98 Å². The lowest BCUT2D eigenvalue weighted by Gasteiger charge is -2.35. The van der Waals surface area contributed by atoms with Crippen LogP contribution >= 0.6 is 11.6 Å². The van der Waals surface area contributed by atoms with E-state index in [4.69, 9.17) is 32.4 Å². The van der Waals surface area contributed by atoms with Crippen molar-refractivity contribution < 1.29 is 4.39 Å². The third-order valence-electron chi connectivity index (χ3n) is 6.28. The highest BCUT2D eigenvalue weighted by Crippen LogP contribution is 2.34. The molecular formula is C26H22ClFN8. The van der Waals surface area contributed by atoms with Gasteiger partial charge >= 0.3 is 0 Å². The number of benzene rings is 2. The Bertz CT molecular complexity index is 1510. The molecule has 0 atom stereocenters. The molecule has 10 heteroatoms. The van der Waals surface area contributed by atoms with Crippen molar-refractivity contribution in [2.24, 2.45) is 0 Å². The molecule has 2 N–H and O–H groups in total. The van der Waals surface area contributed by atoms with Crippen molar-refractivity contribution in [2.45, 2.75) is 0 Å². The van der Waals surface area contributed by atoms with E-state index in [1.165, 1.54) is 12.1 Å². The van der Waals surface area contributed by atoms with E-state index >= 15 is 0 Å². The minimum Gasteiger partial charge on any atom is -0.383 e. The molecule has 36 heavy (non-hydrogen) atoms. The molecule has 1 aliphatic rings. The van der Waals surface area contributed by atoms with Gasteiger partial charge < -0.3 is 15.5 Å². The molecule has 4 heterocycles. The van der Waals surface area contributed by atoms with Crippen LogP contribution in [0.2, 0.25) is 5.02 Å². The van der Waals surface area contributed by atoms with Gasteiger partial charge in [-0.05, 0) is 60.7 Å². The Hall–Kier alpha value is -4.24. The SMILES string of the molecule is Nc1c2c(-c3ccc(F)cc3)nc(N3CCN(c4ccccn4)CC3)nc2nn1-c1ccc(Cl)cc1. The lowest BCUT2D eigenvalue weighted by Crippen LogP contribution is -2.47. The van der Waals surface area contributed by atoms with Crippen molar-refractivity contribution in [2.75, 3.05) is 41.7 Å². The summed E-state index contributed by atoms with van der Waals surface area (Å²) in [5.74, 6) is 1.59. The van der Waals surface area contributed by atoms with E-state index in [0.29, 0.717) is 33.5 Å². The second kappa shape index (κ2) is 9.09. The van der Waals surface area contributed by atoms with E-state index in [0.717, 1.165) is 43.2 Å². The normalized spacial score (nSPS) is 13.9. The molecule has 0 radical (unpaired) electrons. The van der Waals surface area contributed by atoms with Gasteiger partial charge in [-0.3, -0.25) is 0 Å². The highest BCUT2D eigenvalue weighted by Gasteiger charge is 2.24. The number of piperazine rings is 1. The Morgan fingerprint density at radius 3 is 2.25 bits per heavy atom. The molecule has 3 aromatic heterocycles. The Morgan fingerprint density at radius 2 is 1.56 bits per heavy atom. The number of nitrogens with zero attached hydrogens (tertiary/aromatic N) is 7. The molecule has 0 bridgehead atoms. The molecule has 6 rings (SSSR count). The van der Waals surface area contributed by atoms with Gasteiger partial charge in [-0.25, -0.2) is 19.0 Å². The summed E-state index contributed by atoms with van der Waals surface area (Å²) < 4.78 is 15.3. The molecule has 5 aromatic rings. The average Bonchev–Trinajstić information content (AvgIpc) is 3.26. The van der Waals surface area contributed by atoms with Crippen molar-refractivity contribution in [3.05, 3.63) is 83.8 Å². The van der Waals surface area contributed by atoms with Gasteiger partial charge in [-0.1, -0.05) is 17.7 Å². The van der Waals surface area contributed by atoms with Crippen LogP contribution in [0.5, 0.6) is 0 Å². The van der Waals surface area contributed by atoms with Crippen molar-refractivity contribution in [3.63, 3.8) is 0 Å². The summed E-state index contributed by atoms with van der Waals surface area (Å²) >= 11 is 6.07. The number of aromatic nitrogens is 5. The van der Waals surface area contributed by atoms with E-state index in [1.54, 1.807) is 35.1 Å². The maximum Gasteiger partial charge on any atom is 0.228 e. The third-order valence-corrected chi connectivity index (χ3v) is 6.53. The predicted octanol–water partition coefficient (Wildman–Crippen LogP) is 4.58. The number of hydrogen-bond acceptors (Lipinski definition) is 7. The summed E-state index contributed by atoms with van der Waals surface area (Å²) in [5, 5.41) is 5.95. The molecule has 0 aliphatic carbocycles. The number of pyridine rings is 1. The molecule has 0 amide bonds. The fourth-order valence-corrected chi connectivity index (χ4v) is 4.54. The topological polar surface area (TPSA) is 89.0 Å². The number of hydrogen-bond donors (Lipinski definition) is 1. The van der Waals surface area contributed by atoms with Gasteiger partial charge in [0.2, 0.25) is 5.95 Å². The van der Waals surface area contributed by atoms with Crippen LogP contribution in [-0.2, 0) is 0 Å². The highest BCUT2D eigenvalue weighted by atomic mass is 35.5. The van der Waals surface area contributed by atoms with Crippen molar-refractivity contribution in [1.29, 1.82) is 0 Å². The Labute approximate surface area is 211 Å². The van der Waals surface area contributed by atoms with Crippen LogP contribution in [-0.4, -0.2) is 50.9 Å². The van der Waals surface area contributed by atoms with E-state index in [2.05, 4.69) is 14.8 Å². The average molecular weight is 501 g/mol. The van der Waals surface area contributed by atoms with Crippen LogP contribution in [0.1, 0.15) is 0 Å². The number of nitrogen functional groups attached to an aromatic ring is 1. The summed E-state index contributed by atoms with van der Waals surface area (Å²) in [6, 6.07) is 19.4. The minimum atomic E-state index is -0.320. The number of halogens is 2. The fraction of sp³-hybridized carbons (Fsp3) is 0.154. The van der Waals surface area contributed by atoms with E-state index in [9.17, 15) is 4.39 Å². The molecule has 0 saturated carbocycles. The largest absolute Gasteiger partial charge is 0.383 e. The Kier molecular flexibility index (Phi) is 5.61. The highest BCUT2D eigenvalue weighted by molar-refractivity contribution is 6.30. The molecular weight excluding hydrogens is 479 g/mol. The van der Waals surface area contributed by atoms with Gasteiger partial charge in [0, 0.05) is 43.0 Å². The van der Waals surface area contributed by atoms with Gasteiger partial charge in [0.25, 0.3) is 0 Å². The molecule has 0 spiro atoms. The van der Waals surface area contributed by atoms with Crippen LogP contribution in [0.25, 0.3) is 28.0 Å². The first-order valence-corrected chi connectivity index (χ1v) is 11.9. The lowest BCUT2D eigenvalue weighted by molar-refractivity contribution is 0.628. The second-order valence-corrected chi connectivity index (χ2v) is 8.95. The maximum atomic E-state index is 13.7. The molecule has 8 nitrogen and oxygen atoms in total. The molecule has 1 saturated heterocycles. The zero-order valence-electron chi connectivity index (χ0n) is 19.2. The monoisotopic (exact) mass is 500 g/mol. The molecule has 1 aliphatic heterocycles. The number of rotatable bonds is 4. The van der Waals surface area contributed by atoms with Crippen LogP contribution < -0.4 is 15.5 Å². The van der Waals surface area contributed by atoms with Gasteiger partial charge in [0.15, 0.2) is 5.65 Å². The van der Waals surface area contributed by atoms with Crippen molar-refractivity contribution in [1.82, 2.24) is 24.7 Å². The minimum absolute atomic E-state index is 0.320. The molecule has 0 unspecified atom stereocenters. The molecule has 2 aromatic carbocycles. The fourth-order valence-electron chi connectivity index (χ4n) is 4.41. The Balaban J connectivity index is 1.42. The quantitative estimate of drug-likeness (QED) is 0.386. The summed E-state index contributed by atoms with van der Waals surface area (Å²) in [4.78, 5) is 18.5. The van der Waals surface area contributed by atoms with Crippen LogP contribution in [0.3, 0.4) is 0 Å². The molecule has 180 valence electrons. The Morgan fingerprint density at radius 1 is 0.833 bits per heavy atom. The summed E-state index contributed by atoms with van der Waals surface area (Å²) in [5.41, 5.74) is 9.15. The summed E-state index contributed by atoms with van der Waals surface area (Å²) in [7, 11) is 0. The first-order valence-electron chi connectivity index (χ1n) is 11.6.